The predicted octanol–water partition coefficient (Wildman–Crippen LogP) is 3.37. The van der Waals surface area contributed by atoms with Crippen molar-refractivity contribution < 1.29 is 9.13 Å². The lowest BCUT2D eigenvalue weighted by Crippen LogP contribution is -2.29. The molecule has 4 heteroatoms. The highest BCUT2D eigenvalue weighted by atomic mass is 19.1. The molecule has 1 heterocycles. The molecule has 0 unspecified atom stereocenters. The number of halogens is 1. The van der Waals surface area contributed by atoms with Gasteiger partial charge >= 0.3 is 0 Å². The number of nitrogens with two attached hydrogens (primary N) is 1. The van der Waals surface area contributed by atoms with Crippen LogP contribution in [0.1, 0.15) is 17.5 Å². The van der Waals surface area contributed by atoms with Gasteiger partial charge in [-0.05, 0) is 42.2 Å². The lowest BCUT2D eigenvalue weighted by Gasteiger charge is -2.28. The van der Waals surface area contributed by atoms with Gasteiger partial charge in [-0.15, -0.1) is 0 Å². The largest absolute Gasteiger partial charge is 0.488 e. The zero-order valence-corrected chi connectivity index (χ0v) is 12.6. The van der Waals surface area contributed by atoms with Crippen LogP contribution in [0.15, 0.2) is 54.1 Å². The molecule has 0 spiro atoms. The van der Waals surface area contributed by atoms with Crippen molar-refractivity contribution in [3.05, 3.63) is 71.0 Å². The second-order valence-corrected chi connectivity index (χ2v) is 5.48. The van der Waals surface area contributed by atoms with Crippen LogP contribution in [0.2, 0.25) is 0 Å². The summed E-state index contributed by atoms with van der Waals surface area (Å²) in [7, 11) is 1.78. The SMILES string of the molecule is CN(N)C1=C(CCc2ccccc2)COc2ccc(F)cc21. The third-order valence-electron chi connectivity index (χ3n) is 3.84. The Kier molecular flexibility index (Phi) is 4.11. The van der Waals surface area contributed by atoms with Crippen LogP contribution in [-0.4, -0.2) is 18.7 Å². The number of fused-ring (bicyclic) bond motifs is 1. The molecule has 0 saturated carbocycles. The van der Waals surface area contributed by atoms with Crippen LogP contribution in [0.4, 0.5) is 4.39 Å². The average molecular weight is 298 g/mol. The molecule has 2 aromatic carbocycles. The summed E-state index contributed by atoms with van der Waals surface area (Å²) in [5.74, 6) is 6.38. The van der Waals surface area contributed by atoms with E-state index < -0.39 is 0 Å². The Morgan fingerprint density at radius 2 is 1.91 bits per heavy atom. The molecule has 2 aromatic rings. The Balaban J connectivity index is 1.91. The first-order valence-corrected chi connectivity index (χ1v) is 7.32. The topological polar surface area (TPSA) is 38.5 Å². The Bertz CT molecular complexity index is 695. The normalized spacial score (nSPS) is 13.6. The van der Waals surface area contributed by atoms with E-state index in [0.717, 1.165) is 29.7 Å². The molecule has 0 atom stereocenters. The number of hydrogen-bond acceptors (Lipinski definition) is 3. The monoisotopic (exact) mass is 298 g/mol. The minimum Gasteiger partial charge on any atom is -0.488 e. The van der Waals surface area contributed by atoms with Gasteiger partial charge in [-0.25, -0.2) is 10.2 Å². The second-order valence-electron chi connectivity index (χ2n) is 5.48. The van der Waals surface area contributed by atoms with E-state index in [1.54, 1.807) is 18.1 Å². The molecule has 22 heavy (non-hydrogen) atoms. The molecule has 3 rings (SSSR count). The fourth-order valence-electron chi connectivity index (χ4n) is 2.81. The zero-order chi connectivity index (χ0) is 15.5. The van der Waals surface area contributed by atoms with E-state index in [2.05, 4.69) is 12.1 Å². The molecule has 1 aliphatic rings. The molecule has 0 saturated heterocycles. The van der Waals surface area contributed by atoms with Crippen molar-refractivity contribution in [2.75, 3.05) is 13.7 Å². The Morgan fingerprint density at radius 3 is 2.64 bits per heavy atom. The quantitative estimate of drug-likeness (QED) is 0.695. The zero-order valence-electron chi connectivity index (χ0n) is 12.6. The van der Waals surface area contributed by atoms with Crippen LogP contribution in [0.5, 0.6) is 5.75 Å². The summed E-state index contributed by atoms with van der Waals surface area (Å²) in [4.78, 5) is 0. The van der Waals surface area contributed by atoms with E-state index in [9.17, 15) is 4.39 Å². The van der Waals surface area contributed by atoms with Crippen molar-refractivity contribution in [1.29, 1.82) is 0 Å². The summed E-state index contributed by atoms with van der Waals surface area (Å²) in [5.41, 5.74) is 3.93. The van der Waals surface area contributed by atoms with Gasteiger partial charge in [-0.1, -0.05) is 30.3 Å². The molecule has 0 aromatic heterocycles. The van der Waals surface area contributed by atoms with Crippen LogP contribution < -0.4 is 10.6 Å². The van der Waals surface area contributed by atoms with Crippen molar-refractivity contribution in [2.24, 2.45) is 5.84 Å². The predicted molar refractivity (Wildman–Crippen MR) is 85.5 cm³/mol. The van der Waals surface area contributed by atoms with Crippen LogP contribution >= 0.6 is 0 Å². The molecule has 114 valence electrons. The van der Waals surface area contributed by atoms with Gasteiger partial charge in [0.15, 0.2) is 0 Å². The van der Waals surface area contributed by atoms with Gasteiger partial charge in [0.25, 0.3) is 0 Å². The van der Waals surface area contributed by atoms with Gasteiger partial charge in [0.2, 0.25) is 0 Å². The molecular weight excluding hydrogens is 279 g/mol. The Hall–Kier alpha value is -2.33. The van der Waals surface area contributed by atoms with Crippen LogP contribution in [-0.2, 0) is 6.42 Å². The lowest BCUT2D eigenvalue weighted by atomic mass is 9.97. The summed E-state index contributed by atoms with van der Waals surface area (Å²) < 4.78 is 19.3. The van der Waals surface area contributed by atoms with E-state index in [4.69, 9.17) is 10.6 Å². The van der Waals surface area contributed by atoms with Crippen molar-refractivity contribution >= 4 is 5.70 Å². The molecule has 0 fully saturated rings. The van der Waals surface area contributed by atoms with Gasteiger partial charge in [-0.3, -0.25) is 0 Å². The van der Waals surface area contributed by atoms with Crippen LogP contribution in [0.3, 0.4) is 0 Å². The Morgan fingerprint density at radius 1 is 1.14 bits per heavy atom. The van der Waals surface area contributed by atoms with E-state index in [1.807, 2.05) is 18.2 Å². The maximum Gasteiger partial charge on any atom is 0.129 e. The van der Waals surface area contributed by atoms with Crippen molar-refractivity contribution in [1.82, 2.24) is 5.01 Å². The number of rotatable bonds is 4. The number of hydrazine groups is 1. The summed E-state index contributed by atoms with van der Waals surface area (Å²) in [5, 5.41) is 1.56. The molecule has 0 bridgehead atoms. The average Bonchev–Trinajstić information content (AvgIpc) is 2.52. The highest BCUT2D eigenvalue weighted by Gasteiger charge is 2.22. The smallest absolute Gasteiger partial charge is 0.129 e. The minimum atomic E-state index is -0.286. The van der Waals surface area contributed by atoms with E-state index >= 15 is 0 Å². The summed E-state index contributed by atoms with van der Waals surface area (Å²) in [6.45, 7) is 0.488. The number of ether oxygens (including phenoxy) is 1. The van der Waals surface area contributed by atoms with Gasteiger partial charge in [0, 0.05) is 12.6 Å². The van der Waals surface area contributed by atoms with Crippen LogP contribution in [0.25, 0.3) is 5.70 Å². The first-order chi connectivity index (χ1) is 10.6. The maximum absolute atomic E-state index is 13.6. The first kappa shape index (κ1) is 14.6. The second kappa shape index (κ2) is 6.20. The maximum atomic E-state index is 13.6. The fourth-order valence-corrected chi connectivity index (χ4v) is 2.81. The molecule has 0 amide bonds. The summed E-state index contributed by atoms with van der Waals surface area (Å²) in [6, 6.07) is 14.8. The number of nitrogens with zero attached hydrogens (tertiary/aromatic N) is 1. The highest BCUT2D eigenvalue weighted by Crippen LogP contribution is 2.35. The third-order valence-corrected chi connectivity index (χ3v) is 3.84. The fraction of sp³-hybridized carbons (Fsp3) is 0.222. The van der Waals surface area contributed by atoms with Gasteiger partial charge in [0.1, 0.15) is 18.2 Å². The number of benzene rings is 2. The van der Waals surface area contributed by atoms with Gasteiger partial charge in [-0.2, -0.15) is 0 Å². The molecule has 3 nitrogen and oxygen atoms in total. The van der Waals surface area contributed by atoms with E-state index in [1.165, 1.54) is 17.7 Å². The Labute approximate surface area is 129 Å². The van der Waals surface area contributed by atoms with E-state index in [-0.39, 0.29) is 5.82 Å². The summed E-state index contributed by atoms with van der Waals surface area (Å²) >= 11 is 0. The van der Waals surface area contributed by atoms with Crippen molar-refractivity contribution in [3.8, 4) is 5.75 Å². The summed E-state index contributed by atoms with van der Waals surface area (Å²) in [6.07, 6.45) is 1.73. The van der Waals surface area contributed by atoms with E-state index in [0.29, 0.717) is 12.4 Å². The number of hydrogen-bond donors (Lipinski definition) is 1. The van der Waals surface area contributed by atoms with Crippen LogP contribution in [0, 0.1) is 5.82 Å². The third kappa shape index (κ3) is 2.97. The minimum absolute atomic E-state index is 0.286. The number of aryl methyl sites for hydroxylation is 1. The van der Waals surface area contributed by atoms with Gasteiger partial charge < -0.3 is 9.75 Å². The highest BCUT2D eigenvalue weighted by molar-refractivity contribution is 5.73. The lowest BCUT2D eigenvalue weighted by molar-refractivity contribution is 0.331. The molecule has 1 aliphatic heterocycles. The first-order valence-electron chi connectivity index (χ1n) is 7.32. The molecule has 0 radical (unpaired) electrons. The standard InChI is InChI=1S/C18H19FN2O/c1-21(20)18-14(8-7-13-5-3-2-4-6-13)12-22-17-10-9-15(19)11-16(17)18/h2-6,9-11H,7-8,12,20H2,1H3. The van der Waals surface area contributed by atoms with Crippen molar-refractivity contribution in [3.63, 3.8) is 0 Å². The molecule has 2 N–H and O–H groups in total. The molecule has 0 aliphatic carbocycles. The van der Waals surface area contributed by atoms with Crippen molar-refractivity contribution in [2.45, 2.75) is 12.8 Å². The van der Waals surface area contributed by atoms with Gasteiger partial charge in [0.05, 0.1) is 5.70 Å². The molecular formula is C18H19FN2O.